The normalized spacial score (nSPS) is 16.1. The minimum atomic E-state index is -4.61. The number of thiophene rings is 1. The van der Waals surface area contributed by atoms with Gasteiger partial charge in [-0.1, -0.05) is 20.3 Å². The van der Waals surface area contributed by atoms with Crippen LogP contribution >= 0.6 is 11.3 Å². The maximum Gasteiger partial charge on any atom is 0.422 e. The summed E-state index contributed by atoms with van der Waals surface area (Å²) in [6, 6.07) is 3.04. The van der Waals surface area contributed by atoms with Gasteiger partial charge in [-0.25, -0.2) is 0 Å². The molecule has 1 nitrogen and oxygen atoms in total. The predicted octanol–water partition coefficient (Wildman–Crippen LogP) is 3.86. The second-order valence-electron chi connectivity index (χ2n) is 3.73. The Morgan fingerprint density at radius 3 is 2.31 bits per heavy atom. The molecule has 1 unspecified atom stereocenters. The van der Waals surface area contributed by atoms with Crippen LogP contribution in [0, 0.1) is 0 Å². The molecule has 0 aliphatic rings. The Hall–Kier alpha value is -0.550. The first-order valence-electron chi connectivity index (χ1n) is 5.23. The molecule has 0 aliphatic heterocycles. The monoisotopic (exact) mass is 252 g/mol. The van der Waals surface area contributed by atoms with Gasteiger partial charge in [0.2, 0.25) is 0 Å². The lowest BCUT2D eigenvalue weighted by molar-refractivity contribution is -0.266. The van der Waals surface area contributed by atoms with Gasteiger partial charge in [0.1, 0.15) is 0 Å². The minimum absolute atomic E-state index is 0.00838. The van der Waals surface area contributed by atoms with Crippen LogP contribution in [0.25, 0.3) is 0 Å². The maximum absolute atomic E-state index is 12.7. The summed E-state index contributed by atoms with van der Waals surface area (Å²) in [5.74, 6) is 0. The summed E-state index contributed by atoms with van der Waals surface area (Å²) in [6.45, 7) is 3.31. The van der Waals surface area contributed by atoms with Gasteiger partial charge in [-0.15, -0.1) is 11.3 Å². The fraction of sp³-hybridized carbons (Fsp3) is 0.636. The first kappa shape index (κ1) is 13.5. The first-order chi connectivity index (χ1) is 7.35. The van der Waals surface area contributed by atoms with E-state index < -0.39 is 11.8 Å². The van der Waals surface area contributed by atoms with E-state index in [-0.39, 0.29) is 11.3 Å². The highest BCUT2D eigenvalue weighted by molar-refractivity contribution is 7.12. The zero-order valence-corrected chi connectivity index (χ0v) is 10.1. The highest BCUT2D eigenvalue weighted by atomic mass is 32.1. The summed E-state index contributed by atoms with van der Waals surface area (Å²) in [5, 5.41) is 9.69. The van der Waals surface area contributed by atoms with Crippen molar-refractivity contribution < 1.29 is 18.3 Å². The van der Waals surface area contributed by atoms with Crippen molar-refractivity contribution in [1.29, 1.82) is 0 Å². The van der Waals surface area contributed by atoms with E-state index >= 15 is 0 Å². The van der Waals surface area contributed by atoms with Gasteiger partial charge in [0.15, 0.2) is 5.60 Å². The summed E-state index contributed by atoms with van der Waals surface area (Å²) in [5.41, 5.74) is -2.69. The number of halogens is 3. The summed E-state index contributed by atoms with van der Waals surface area (Å²) < 4.78 is 38.2. The van der Waals surface area contributed by atoms with E-state index in [4.69, 9.17) is 0 Å². The van der Waals surface area contributed by atoms with E-state index in [1.54, 1.807) is 6.07 Å². The molecular weight excluding hydrogens is 237 g/mol. The van der Waals surface area contributed by atoms with Crippen LogP contribution in [0.1, 0.15) is 36.4 Å². The topological polar surface area (TPSA) is 20.2 Å². The first-order valence-corrected chi connectivity index (χ1v) is 6.05. The van der Waals surface area contributed by atoms with Crippen LogP contribution in [0.3, 0.4) is 0 Å². The molecule has 0 aromatic carbocycles. The molecule has 5 heteroatoms. The van der Waals surface area contributed by atoms with Gasteiger partial charge >= 0.3 is 6.18 Å². The Kier molecular flexibility index (Phi) is 4.02. The van der Waals surface area contributed by atoms with Crippen molar-refractivity contribution >= 4 is 11.3 Å². The van der Waals surface area contributed by atoms with E-state index in [9.17, 15) is 18.3 Å². The third-order valence-corrected chi connectivity index (χ3v) is 3.84. The SMILES string of the molecule is CCCc1ccc(C(O)(CC)C(F)(F)F)s1. The molecule has 0 bridgehead atoms. The molecule has 92 valence electrons. The number of hydrogen-bond donors (Lipinski definition) is 1. The molecule has 0 spiro atoms. The van der Waals surface area contributed by atoms with Crippen LogP contribution in [-0.2, 0) is 12.0 Å². The van der Waals surface area contributed by atoms with Crippen LogP contribution in [0.4, 0.5) is 13.2 Å². The highest BCUT2D eigenvalue weighted by Crippen LogP contribution is 2.44. The molecule has 0 aliphatic carbocycles. The Morgan fingerprint density at radius 1 is 1.25 bits per heavy atom. The van der Waals surface area contributed by atoms with E-state index in [2.05, 4.69) is 0 Å². The van der Waals surface area contributed by atoms with E-state index in [1.165, 1.54) is 13.0 Å². The van der Waals surface area contributed by atoms with Crippen molar-refractivity contribution in [3.63, 3.8) is 0 Å². The molecule has 0 radical (unpaired) electrons. The zero-order chi connectivity index (χ0) is 12.4. The molecule has 1 aromatic heterocycles. The molecule has 16 heavy (non-hydrogen) atoms. The highest BCUT2D eigenvalue weighted by Gasteiger charge is 2.54. The Labute approximate surface area is 96.9 Å². The average Bonchev–Trinajstić information content (AvgIpc) is 2.64. The second-order valence-corrected chi connectivity index (χ2v) is 4.90. The lowest BCUT2D eigenvalue weighted by Gasteiger charge is -2.28. The lowest BCUT2D eigenvalue weighted by atomic mass is 9.98. The van der Waals surface area contributed by atoms with Gasteiger partial charge in [-0.05, 0) is 25.0 Å². The molecule has 1 rings (SSSR count). The minimum Gasteiger partial charge on any atom is -0.376 e. The molecule has 1 atom stereocenters. The third-order valence-electron chi connectivity index (χ3n) is 2.55. The van der Waals surface area contributed by atoms with Gasteiger partial charge in [0.05, 0.1) is 0 Å². The van der Waals surface area contributed by atoms with E-state index in [0.29, 0.717) is 0 Å². The molecular formula is C11H15F3OS. The van der Waals surface area contributed by atoms with Gasteiger partial charge < -0.3 is 5.11 Å². The lowest BCUT2D eigenvalue weighted by Crippen LogP contribution is -2.40. The molecule has 0 saturated heterocycles. The van der Waals surface area contributed by atoms with E-state index in [1.807, 2.05) is 6.92 Å². The van der Waals surface area contributed by atoms with Crippen LogP contribution in [0.5, 0.6) is 0 Å². The Morgan fingerprint density at radius 2 is 1.88 bits per heavy atom. The van der Waals surface area contributed by atoms with Crippen LogP contribution < -0.4 is 0 Å². The zero-order valence-electron chi connectivity index (χ0n) is 9.27. The largest absolute Gasteiger partial charge is 0.422 e. The van der Waals surface area contributed by atoms with Gasteiger partial charge in [-0.2, -0.15) is 13.2 Å². The smallest absolute Gasteiger partial charge is 0.376 e. The van der Waals surface area contributed by atoms with Crippen molar-refractivity contribution in [2.45, 2.75) is 44.9 Å². The number of alkyl halides is 3. The molecule has 1 heterocycles. The van der Waals surface area contributed by atoms with Crippen LogP contribution in [-0.4, -0.2) is 11.3 Å². The van der Waals surface area contributed by atoms with Crippen molar-refractivity contribution in [3.8, 4) is 0 Å². The fourth-order valence-corrected chi connectivity index (χ4v) is 2.79. The number of hydrogen-bond acceptors (Lipinski definition) is 2. The van der Waals surface area contributed by atoms with Crippen molar-refractivity contribution in [2.75, 3.05) is 0 Å². The Balaban J connectivity index is 3.04. The third kappa shape index (κ3) is 2.40. The van der Waals surface area contributed by atoms with E-state index in [0.717, 1.165) is 29.1 Å². The Bertz CT molecular complexity index is 345. The van der Waals surface area contributed by atoms with Crippen molar-refractivity contribution in [3.05, 3.63) is 21.9 Å². The van der Waals surface area contributed by atoms with Crippen molar-refractivity contribution in [1.82, 2.24) is 0 Å². The van der Waals surface area contributed by atoms with Gasteiger partial charge in [0, 0.05) is 9.75 Å². The van der Waals surface area contributed by atoms with Gasteiger partial charge in [0.25, 0.3) is 0 Å². The molecule has 0 fully saturated rings. The average molecular weight is 252 g/mol. The number of aliphatic hydroxyl groups is 1. The summed E-state index contributed by atoms with van der Waals surface area (Å²) >= 11 is 1.05. The second kappa shape index (κ2) is 4.75. The predicted molar refractivity (Wildman–Crippen MR) is 58.6 cm³/mol. The molecule has 0 amide bonds. The van der Waals surface area contributed by atoms with Crippen LogP contribution in [0.15, 0.2) is 12.1 Å². The fourth-order valence-electron chi connectivity index (χ4n) is 1.50. The maximum atomic E-state index is 12.7. The summed E-state index contributed by atoms with van der Waals surface area (Å²) in [4.78, 5) is 0.875. The number of aryl methyl sites for hydroxylation is 1. The number of rotatable bonds is 4. The van der Waals surface area contributed by atoms with Gasteiger partial charge in [-0.3, -0.25) is 0 Å². The standard InChI is InChI=1S/C11H15F3OS/c1-3-5-8-6-7-9(16-8)10(15,4-2)11(12,13)14/h6-7,15H,3-5H2,1-2H3. The summed E-state index contributed by atoms with van der Waals surface area (Å²) in [6.07, 6.45) is -3.34. The van der Waals surface area contributed by atoms with Crippen molar-refractivity contribution in [2.24, 2.45) is 0 Å². The quantitative estimate of drug-likeness (QED) is 0.862. The molecule has 1 N–H and O–H groups in total. The van der Waals surface area contributed by atoms with Crippen LogP contribution in [0.2, 0.25) is 0 Å². The summed E-state index contributed by atoms with van der Waals surface area (Å²) in [7, 11) is 0. The molecule has 0 saturated carbocycles. The molecule has 1 aromatic rings.